The van der Waals surface area contributed by atoms with Crippen molar-refractivity contribution < 1.29 is 28.3 Å². The molecule has 5 rings (SSSR count). The molecule has 2 aromatic carbocycles. The second-order valence-corrected chi connectivity index (χ2v) is 11.4. The lowest BCUT2D eigenvalue weighted by atomic mass is 9.82. The molecule has 2 aliphatic rings. The van der Waals surface area contributed by atoms with E-state index < -0.39 is 29.9 Å². The van der Waals surface area contributed by atoms with Crippen LogP contribution in [0.25, 0.3) is 10.8 Å². The summed E-state index contributed by atoms with van der Waals surface area (Å²) in [5, 5.41) is 4.58. The number of methoxy groups -OCH3 is 1. The molecular formula is C32H32ClFN4O5. The molecule has 43 heavy (non-hydrogen) atoms. The zero-order valence-electron chi connectivity index (χ0n) is 23.7. The molecule has 0 unspecified atom stereocenters. The summed E-state index contributed by atoms with van der Waals surface area (Å²) in [6.45, 7) is -0.186. The number of hydrogen-bond donors (Lipinski definition) is 1. The monoisotopic (exact) mass is 606 g/mol. The highest BCUT2D eigenvalue weighted by Gasteiger charge is 2.39. The number of amides is 3. The number of rotatable bonds is 7. The Morgan fingerprint density at radius 1 is 1.12 bits per heavy atom. The summed E-state index contributed by atoms with van der Waals surface area (Å²) in [6.07, 6.45) is 4.32. The standard InChI is InChI=1S/C32H32ClFN4O5/c1-43-32(42)22-9-6-19(7-10-22)17-36-30(40)27-16-23(34)18-38(27)28(39)15-20-8-11-26(25(33)14-20)37-31(41)29-24-5-3-2-4-21(24)12-13-35-29/h2-5,8,11-14,17,19,22-23,27H,6-7,9-10,15-16,18H2,1H3,(H,37,41)/t19?,22?,23-,27-/m0/s1. The van der Waals surface area contributed by atoms with E-state index in [1.165, 1.54) is 12.0 Å². The van der Waals surface area contributed by atoms with Crippen molar-refractivity contribution >= 4 is 58.0 Å². The van der Waals surface area contributed by atoms with Gasteiger partial charge in [-0.05, 0) is 60.7 Å². The van der Waals surface area contributed by atoms with Gasteiger partial charge >= 0.3 is 5.97 Å². The summed E-state index contributed by atoms with van der Waals surface area (Å²) in [6, 6.07) is 13.1. The van der Waals surface area contributed by atoms with Gasteiger partial charge < -0.3 is 15.0 Å². The molecule has 2 heterocycles. The second kappa shape index (κ2) is 13.4. The molecule has 1 aliphatic carbocycles. The van der Waals surface area contributed by atoms with E-state index in [1.54, 1.807) is 30.6 Å². The first-order valence-corrected chi connectivity index (χ1v) is 14.6. The Labute approximate surface area is 253 Å². The number of likely N-dealkylation sites (tertiary alicyclic amines) is 1. The van der Waals surface area contributed by atoms with Crippen LogP contribution in [-0.4, -0.2) is 65.7 Å². The summed E-state index contributed by atoms with van der Waals surface area (Å²) in [5.41, 5.74) is 1.16. The molecule has 1 N–H and O–H groups in total. The zero-order valence-corrected chi connectivity index (χ0v) is 24.4. The molecule has 2 atom stereocenters. The number of hydrogen-bond acceptors (Lipinski definition) is 6. The van der Waals surface area contributed by atoms with Crippen molar-refractivity contribution in [1.29, 1.82) is 0 Å². The number of carbonyl (C=O) groups excluding carboxylic acids is 4. The molecular weight excluding hydrogens is 575 g/mol. The van der Waals surface area contributed by atoms with Gasteiger partial charge in [-0.1, -0.05) is 41.9 Å². The summed E-state index contributed by atoms with van der Waals surface area (Å²) in [5.74, 6) is -1.72. The van der Waals surface area contributed by atoms with Crippen molar-refractivity contribution in [3.8, 4) is 0 Å². The minimum absolute atomic E-state index is 0.0362. The third kappa shape index (κ3) is 7.07. The number of anilines is 1. The van der Waals surface area contributed by atoms with Crippen LogP contribution in [0.15, 0.2) is 59.7 Å². The molecule has 0 spiro atoms. The number of carbonyl (C=O) groups is 4. The van der Waals surface area contributed by atoms with Crippen LogP contribution in [-0.2, 0) is 25.5 Å². The van der Waals surface area contributed by atoms with Crippen molar-refractivity contribution in [2.24, 2.45) is 16.8 Å². The third-order valence-corrected chi connectivity index (χ3v) is 8.41. The fourth-order valence-electron chi connectivity index (χ4n) is 5.76. The highest BCUT2D eigenvalue weighted by Crippen LogP contribution is 2.30. The Morgan fingerprint density at radius 2 is 1.88 bits per heavy atom. The molecule has 3 aromatic rings. The van der Waals surface area contributed by atoms with E-state index in [4.69, 9.17) is 16.3 Å². The predicted octanol–water partition coefficient (Wildman–Crippen LogP) is 5.20. The van der Waals surface area contributed by atoms with Crippen LogP contribution in [0.3, 0.4) is 0 Å². The number of alkyl halides is 1. The lowest BCUT2D eigenvalue weighted by Gasteiger charge is -2.25. The van der Waals surface area contributed by atoms with Gasteiger partial charge in [-0.15, -0.1) is 0 Å². The molecule has 1 saturated carbocycles. The number of halogens is 2. The van der Waals surface area contributed by atoms with E-state index in [0.717, 1.165) is 5.39 Å². The van der Waals surface area contributed by atoms with Gasteiger partial charge in [-0.3, -0.25) is 24.2 Å². The van der Waals surface area contributed by atoms with Crippen molar-refractivity contribution in [2.45, 2.75) is 50.7 Å². The fourth-order valence-corrected chi connectivity index (χ4v) is 6.01. The Bertz CT molecular complexity index is 1570. The largest absolute Gasteiger partial charge is 0.469 e. The van der Waals surface area contributed by atoms with Gasteiger partial charge in [-0.2, -0.15) is 0 Å². The fraction of sp³-hybridized carbons (Fsp3) is 0.375. The summed E-state index contributed by atoms with van der Waals surface area (Å²) < 4.78 is 19.2. The van der Waals surface area contributed by atoms with Crippen LogP contribution < -0.4 is 5.32 Å². The topological polar surface area (TPSA) is 118 Å². The summed E-state index contributed by atoms with van der Waals surface area (Å²) in [4.78, 5) is 60.4. The minimum Gasteiger partial charge on any atom is -0.469 e. The Hall–Kier alpha value is -4.18. The number of aliphatic imine (C=N–C) groups is 1. The zero-order chi connectivity index (χ0) is 30.5. The molecule has 1 saturated heterocycles. The maximum Gasteiger partial charge on any atom is 0.308 e. The normalized spacial score (nSPS) is 22.1. The summed E-state index contributed by atoms with van der Waals surface area (Å²) >= 11 is 6.46. The van der Waals surface area contributed by atoms with E-state index in [1.807, 2.05) is 30.3 Å². The number of fused-ring (bicyclic) bond motifs is 1. The van der Waals surface area contributed by atoms with Gasteiger partial charge in [0.1, 0.15) is 17.9 Å². The van der Waals surface area contributed by atoms with Crippen molar-refractivity contribution in [1.82, 2.24) is 9.88 Å². The maximum absolute atomic E-state index is 14.4. The number of nitrogens with one attached hydrogen (secondary N) is 1. The van der Waals surface area contributed by atoms with Crippen molar-refractivity contribution in [3.63, 3.8) is 0 Å². The number of aromatic nitrogens is 1. The Kier molecular flexibility index (Phi) is 9.45. The molecule has 0 bridgehead atoms. The Balaban J connectivity index is 1.20. The van der Waals surface area contributed by atoms with Crippen LogP contribution >= 0.6 is 11.6 Å². The number of nitrogens with zero attached hydrogens (tertiary/aromatic N) is 3. The first kappa shape index (κ1) is 30.3. The van der Waals surface area contributed by atoms with Crippen LogP contribution in [0.4, 0.5) is 10.1 Å². The first-order valence-electron chi connectivity index (χ1n) is 14.3. The molecule has 1 aliphatic heterocycles. The number of ether oxygens (including phenoxy) is 1. The lowest BCUT2D eigenvalue weighted by molar-refractivity contribution is -0.146. The average molecular weight is 607 g/mol. The quantitative estimate of drug-likeness (QED) is 0.292. The van der Waals surface area contributed by atoms with E-state index in [9.17, 15) is 23.6 Å². The molecule has 1 aromatic heterocycles. The molecule has 3 amide bonds. The minimum atomic E-state index is -1.33. The lowest BCUT2D eigenvalue weighted by Crippen LogP contribution is -2.41. The van der Waals surface area contributed by atoms with Gasteiger partial charge in [0, 0.05) is 24.2 Å². The van der Waals surface area contributed by atoms with E-state index in [2.05, 4.69) is 15.3 Å². The second-order valence-electron chi connectivity index (χ2n) is 11.0. The van der Waals surface area contributed by atoms with Crippen molar-refractivity contribution in [3.05, 3.63) is 71.0 Å². The van der Waals surface area contributed by atoms with Gasteiger partial charge in [0.05, 0.1) is 36.7 Å². The molecule has 224 valence electrons. The van der Waals surface area contributed by atoms with Crippen LogP contribution in [0.5, 0.6) is 0 Å². The van der Waals surface area contributed by atoms with Crippen LogP contribution in [0.2, 0.25) is 5.02 Å². The average Bonchev–Trinajstić information content (AvgIpc) is 3.42. The number of pyridine rings is 1. The SMILES string of the molecule is COC(=O)C1CCC(C=NC(=O)[C@@H]2C[C@H](F)CN2C(=O)Cc2ccc(NC(=O)c3nccc4ccccc34)c(Cl)c2)CC1. The highest BCUT2D eigenvalue weighted by atomic mass is 35.5. The van der Waals surface area contributed by atoms with E-state index in [-0.39, 0.29) is 47.9 Å². The predicted molar refractivity (Wildman–Crippen MR) is 161 cm³/mol. The van der Waals surface area contributed by atoms with Gasteiger partial charge in [0.15, 0.2) is 0 Å². The number of benzene rings is 2. The molecule has 11 heteroatoms. The third-order valence-electron chi connectivity index (χ3n) is 8.10. The molecule has 2 fully saturated rings. The van der Waals surface area contributed by atoms with Gasteiger partial charge in [0.2, 0.25) is 5.91 Å². The van der Waals surface area contributed by atoms with E-state index in [0.29, 0.717) is 42.3 Å². The molecule has 9 nitrogen and oxygen atoms in total. The van der Waals surface area contributed by atoms with Gasteiger partial charge in [0.25, 0.3) is 11.8 Å². The van der Waals surface area contributed by atoms with Crippen molar-refractivity contribution in [2.75, 3.05) is 19.0 Å². The highest BCUT2D eigenvalue weighted by molar-refractivity contribution is 6.34. The smallest absolute Gasteiger partial charge is 0.308 e. The maximum atomic E-state index is 14.4. The molecule has 0 radical (unpaired) electrons. The first-order chi connectivity index (χ1) is 20.7. The van der Waals surface area contributed by atoms with Crippen LogP contribution in [0.1, 0.15) is 48.2 Å². The summed E-state index contributed by atoms with van der Waals surface area (Å²) in [7, 11) is 1.37. The van der Waals surface area contributed by atoms with Gasteiger partial charge in [-0.25, -0.2) is 9.38 Å². The number of esters is 1. The Morgan fingerprint density at radius 3 is 2.63 bits per heavy atom. The van der Waals surface area contributed by atoms with Crippen LogP contribution in [0, 0.1) is 11.8 Å². The van der Waals surface area contributed by atoms with E-state index >= 15 is 0 Å².